The van der Waals surface area contributed by atoms with Crippen molar-refractivity contribution < 1.29 is 9.82 Å². The molecule has 1 aliphatic heterocycles. The number of hydrogen-bond donors (Lipinski definition) is 2. The smallest absolute Gasteiger partial charge is 0.328 e. The van der Waals surface area contributed by atoms with Gasteiger partial charge in [-0.25, -0.2) is 4.98 Å². The van der Waals surface area contributed by atoms with Crippen LogP contribution in [0.4, 0.5) is 5.82 Å². The quantitative estimate of drug-likeness (QED) is 0.509. The van der Waals surface area contributed by atoms with Gasteiger partial charge in [-0.15, -0.1) is 0 Å². The summed E-state index contributed by atoms with van der Waals surface area (Å²) in [6.45, 7) is 0. The van der Waals surface area contributed by atoms with Crippen molar-refractivity contribution in [2.45, 2.75) is 6.42 Å². The molecule has 0 unspecified atom stereocenters. The van der Waals surface area contributed by atoms with Crippen LogP contribution in [-0.4, -0.2) is 23.4 Å². The van der Waals surface area contributed by atoms with Crippen molar-refractivity contribution in [2.24, 2.45) is 0 Å². The molecule has 2 rings (SSSR count). The van der Waals surface area contributed by atoms with Crippen molar-refractivity contribution >= 4 is 24.7 Å². The number of carbonyl (C=O) groups is 1. The molecule has 0 aliphatic carbocycles. The topological polar surface area (TPSA) is 62.2 Å². The molecule has 1 aromatic heterocycles. The van der Waals surface area contributed by atoms with Crippen LogP contribution in [0.1, 0.15) is 5.56 Å². The van der Waals surface area contributed by atoms with Gasteiger partial charge in [0, 0.05) is 11.8 Å². The molecule has 0 bridgehead atoms. The molecule has 0 saturated carbocycles. The predicted octanol–water partition coefficient (Wildman–Crippen LogP) is -1.19. The number of hydrogen-bond acceptors (Lipinski definition) is 3. The SMILES string of the molecule is O=C1Cc2cc([B]O)cnc2N1. The average Bonchev–Trinajstić information content (AvgIpc) is 2.43. The van der Waals surface area contributed by atoms with E-state index in [2.05, 4.69) is 10.3 Å². The first-order valence-corrected chi connectivity index (χ1v) is 3.56. The van der Waals surface area contributed by atoms with Crippen molar-refractivity contribution in [3.8, 4) is 0 Å². The molecule has 0 fully saturated rings. The molecule has 1 aliphatic rings. The van der Waals surface area contributed by atoms with Crippen LogP contribution in [0.5, 0.6) is 0 Å². The second kappa shape index (κ2) is 2.60. The van der Waals surface area contributed by atoms with Crippen molar-refractivity contribution in [1.29, 1.82) is 0 Å². The maximum Gasteiger partial charge on any atom is 0.328 e. The Bertz CT molecular complexity index is 340. The minimum atomic E-state index is -0.0485. The molecule has 1 aromatic rings. The van der Waals surface area contributed by atoms with Crippen LogP contribution < -0.4 is 10.8 Å². The number of aromatic nitrogens is 1. The largest absolute Gasteiger partial charge is 0.450 e. The highest BCUT2D eigenvalue weighted by molar-refractivity contribution is 6.45. The molecule has 1 radical (unpaired) electrons. The summed E-state index contributed by atoms with van der Waals surface area (Å²) in [5.74, 6) is 0.554. The number of pyridine rings is 1. The van der Waals surface area contributed by atoms with Gasteiger partial charge >= 0.3 is 7.48 Å². The summed E-state index contributed by atoms with van der Waals surface area (Å²) in [6.07, 6.45) is 1.86. The van der Waals surface area contributed by atoms with Gasteiger partial charge in [-0.2, -0.15) is 0 Å². The van der Waals surface area contributed by atoms with E-state index in [0.29, 0.717) is 17.7 Å². The number of nitrogens with one attached hydrogen (secondary N) is 1. The summed E-state index contributed by atoms with van der Waals surface area (Å²) in [6, 6.07) is 1.74. The van der Waals surface area contributed by atoms with Gasteiger partial charge in [0.1, 0.15) is 5.82 Å². The Labute approximate surface area is 69.9 Å². The molecule has 0 atom stereocenters. The third-order valence-corrected chi connectivity index (χ3v) is 1.75. The number of rotatable bonds is 1. The summed E-state index contributed by atoms with van der Waals surface area (Å²) in [5.41, 5.74) is 1.45. The van der Waals surface area contributed by atoms with Crippen LogP contribution in [0.25, 0.3) is 0 Å². The van der Waals surface area contributed by atoms with E-state index in [1.54, 1.807) is 6.07 Å². The van der Waals surface area contributed by atoms with Crippen molar-refractivity contribution in [3.63, 3.8) is 0 Å². The molecule has 1 amide bonds. The molecule has 4 nitrogen and oxygen atoms in total. The lowest BCUT2D eigenvalue weighted by Crippen LogP contribution is -2.14. The van der Waals surface area contributed by atoms with Crippen molar-refractivity contribution in [1.82, 2.24) is 4.98 Å². The zero-order valence-corrected chi connectivity index (χ0v) is 6.24. The molecule has 0 aromatic carbocycles. The van der Waals surface area contributed by atoms with Gasteiger partial charge in [-0.3, -0.25) is 4.79 Å². The fraction of sp³-hybridized carbons (Fsp3) is 0.143. The molecule has 5 heteroatoms. The van der Waals surface area contributed by atoms with Gasteiger partial charge in [0.25, 0.3) is 0 Å². The lowest BCUT2D eigenvalue weighted by Gasteiger charge is -1.97. The maximum atomic E-state index is 10.9. The summed E-state index contributed by atoms with van der Waals surface area (Å²) in [7, 11) is 0.968. The Balaban J connectivity index is 2.41. The standard InChI is InChI=1S/C7H6BN2O2/c11-6-2-4-1-5(8-12)3-9-7(4)10-6/h1,3,12H,2H2,(H,9,10,11). The average molecular weight is 161 g/mol. The van der Waals surface area contributed by atoms with Gasteiger partial charge in [-0.05, 0) is 5.46 Å². The maximum absolute atomic E-state index is 10.9. The highest BCUT2D eigenvalue weighted by Gasteiger charge is 2.18. The summed E-state index contributed by atoms with van der Waals surface area (Å²) in [4.78, 5) is 14.8. The van der Waals surface area contributed by atoms with Gasteiger partial charge < -0.3 is 10.3 Å². The van der Waals surface area contributed by atoms with Crippen LogP contribution >= 0.6 is 0 Å². The van der Waals surface area contributed by atoms with E-state index >= 15 is 0 Å². The number of fused-ring (bicyclic) bond motifs is 1. The zero-order valence-electron chi connectivity index (χ0n) is 6.24. The van der Waals surface area contributed by atoms with E-state index in [4.69, 9.17) is 5.02 Å². The Morgan fingerprint density at radius 2 is 2.50 bits per heavy atom. The van der Waals surface area contributed by atoms with E-state index in [0.717, 1.165) is 13.0 Å². The van der Waals surface area contributed by atoms with Crippen molar-refractivity contribution in [3.05, 3.63) is 17.8 Å². The Kier molecular flexibility index (Phi) is 1.58. The fourth-order valence-electron chi connectivity index (χ4n) is 1.20. The predicted molar refractivity (Wildman–Crippen MR) is 44.2 cm³/mol. The zero-order chi connectivity index (χ0) is 8.55. The normalized spacial score (nSPS) is 13.9. The third kappa shape index (κ3) is 1.08. The molecule has 12 heavy (non-hydrogen) atoms. The van der Waals surface area contributed by atoms with Crippen LogP contribution in [0.3, 0.4) is 0 Å². The Morgan fingerprint density at radius 3 is 3.25 bits per heavy atom. The summed E-state index contributed by atoms with van der Waals surface area (Å²) < 4.78 is 0. The van der Waals surface area contributed by atoms with E-state index in [1.165, 1.54) is 6.20 Å². The summed E-state index contributed by atoms with van der Waals surface area (Å²) in [5, 5.41) is 11.3. The monoisotopic (exact) mass is 161 g/mol. The van der Waals surface area contributed by atoms with E-state index in [9.17, 15) is 4.79 Å². The second-order valence-corrected chi connectivity index (χ2v) is 2.63. The van der Waals surface area contributed by atoms with Crippen LogP contribution in [-0.2, 0) is 11.2 Å². The number of carbonyl (C=O) groups excluding carboxylic acids is 1. The third-order valence-electron chi connectivity index (χ3n) is 1.75. The molecule has 0 saturated heterocycles. The molecule has 2 N–H and O–H groups in total. The van der Waals surface area contributed by atoms with Crippen LogP contribution in [0.2, 0.25) is 0 Å². The lowest BCUT2D eigenvalue weighted by molar-refractivity contribution is -0.115. The second-order valence-electron chi connectivity index (χ2n) is 2.63. The van der Waals surface area contributed by atoms with Gasteiger partial charge in [0.05, 0.1) is 6.42 Å². The van der Waals surface area contributed by atoms with E-state index in [1.807, 2.05) is 0 Å². The highest BCUT2D eigenvalue weighted by Crippen LogP contribution is 2.17. The minimum absolute atomic E-state index is 0.0485. The Morgan fingerprint density at radius 1 is 1.67 bits per heavy atom. The van der Waals surface area contributed by atoms with E-state index < -0.39 is 0 Å². The summed E-state index contributed by atoms with van der Waals surface area (Å²) >= 11 is 0. The number of amides is 1. The first kappa shape index (κ1) is 7.30. The van der Waals surface area contributed by atoms with Crippen molar-refractivity contribution in [2.75, 3.05) is 5.32 Å². The highest BCUT2D eigenvalue weighted by atomic mass is 16.2. The van der Waals surface area contributed by atoms with Crippen LogP contribution in [0, 0.1) is 0 Å². The number of anilines is 1. The lowest BCUT2D eigenvalue weighted by atomic mass is 9.89. The minimum Gasteiger partial charge on any atom is -0.450 e. The molecule has 0 spiro atoms. The first-order chi connectivity index (χ1) is 5.79. The molecular weight excluding hydrogens is 155 g/mol. The van der Waals surface area contributed by atoms with Gasteiger partial charge in [0.2, 0.25) is 5.91 Å². The fourth-order valence-corrected chi connectivity index (χ4v) is 1.20. The molecule has 2 heterocycles. The number of nitrogens with zero attached hydrogens (tertiary/aromatic N) is 1. The Hall–Kier alpha value is -1.36. The molecule has 59 valence electrons. The first-order valence-electron chi connectivity index (χ1n) is 3.56. The van der Waals surface area contributed by atoms with E-state index in [-0.39, 0.29) is 5.91 Å². The molecular formula is C7H6BN2O2. The van der Waals surface area contributed by atoms with Crippen LogP contribution in [0.15, 0.2) is 12.3 Å². The van der Waals surface area contributed by atoms with Gasteiger partial charge in [-0.1, -0.05) is 6.07 Å². The van der Waals surface area contributed by atoms with Gasteiger partial charge in [0.15, 0.2) is 0 Å².